The number of anilines is 1. The van der Waals surface area contributed by atoms with E-state index in [4.69, 9.17) is 4.74 Å². The third-order valence-electron chi connectivity index (χ3n) is 5.15. The number of rotatable bonds is 4. The van der Waals surface area contributed by atoms with Crippen LogP contribution in [0.25, 0.3) is 0 Å². The second-order valence-corrected chi connectivity index (χ2v) is 8.24. The third-order valence-corrected chi connectivity index (χ3v) is 6.53. The number of aryl methyl sites for hydroxylation is 1. The largest absolute Gasteiger partial charge is 0.497 e. The van der Waals surface area contributed by atoms with Crippen LogP contribution in [0.4, 0.5) is 5.69 Å². The van der Waals surface area contributed by atoms with E-state index < -0.39 is 0 Å². The summed E-state index contributed by atoms with van der Waals surface area (Å²) in [5.74, 6) is 0.916. The van der Waals surface area contributed by atoms with Gasteiger partial charge in [0.15, 0.2) is 0 Å². The molecular weight excluding hydrogens is 350 g/mol. The summed E-state index contributed by atoms with van der Waals surface area (Å²) in [5, 5.41) is 0.456. The van der Waals surface area contributed by atoms with Gasteiger partial charge in [0.1, 0.15) is 5.75 Å². The molecule has 1 atom stereocenters. The van der Waals surface area contributed by atoms with Gasteiger partial charge in [-0.15, -0.1) is 11.8 Å². The second-order valence-electron chi connectivity index (χ2n) is 7.00. The van der Waals surface area contributed by atoms with Crippen molar-refractivity contribution in [2.75, 3.05) is 18.6 Å². The van der Waals surface area contributed by atoms with Crippen molar-refractivity contribution in [3.63, 3.8) is 0 Å². The second kappa shape index (κ2) is 8.10. The fourth-order valence-electron chi connectivity index (χ4n) is 3.74. The van der Waals surface area contributed by atoms with Gasteiger partial charge in [0.2, 0.25) is 0 Å². The lowest BCUT2D eigenvalue weighted by molar-refractivity contribution is 0.414. The minimum Gasteiger partial charge on any atom is -0.497 e. The van der Waals surface area contributed by atoms with Crippen molar-refractivity contribution in [3.8, 4) is 5.75 Å². The molecule has 0 amide bonds. The summed E-state index contributed by atoms with van der Waals surface area (Å²) in [4.78, 5) is 3.93. The number of ether oxygens (including phenoxy) is 1. The molecule has 2 nitrogen and oxygen atoms in total. The van der Waals surface area contributed by atoms with E-state index in [1.54, 1.807) is 7.11 Å². The molecule has 3 heteroatoms. The molecule has 0 aliphatic carbocycles. The molecule has 27 heavy (non-hydrogen) atoms. The normalized spacial score (nSPS) is 16.5. The van der Waals surface area contributed by atoms with Crippen molar-refractivity contribution < 1.29 is 4.74 Å². The maximum atomic E-state index is 5.32. The molecule has 4 rings (SSSR count). The number of para-hydroxylation sites is 1. The average molecular weight is 376 g/mol. The van der Waals surface area contributed by atoms with Gasteiger partial charge in [0.25, 0.3) is 0 Å². The zero-order valence-corrected chi connectivity index (χ0v) is 16.7. The molecule has 0 bridgehead atoms. The van der Waals surface area contributed by atoms with E-state index in [2.05, 4.69) is 84.6 Å². The van der Waals surface area contributed by atoms with Crippen LogP contribution >= 0.6 is 11.8 Å². The first-order chi connectivity index (χ1) is 13.2. The monoisotopic (exact) mass is 375 g/mol. The first-order valence-corrected chi connectivity index (χ1v) is 10.3. The van der Waals surface area contributed by atoms with Gasteiger partial charge < -0.3 is 9.64 Å². The molecule has 3 aromatic carbocycles. The summed E-state index contributed by atoms with van der Waals surface area (Å²) in [7, 11) is 1.72. The molecule has 0 saturated carbocycles. The van der Waals surface area contributed by atoms with Crippen LogP contribution < -0.4 is 9.64 Å². The van der Waals surface area contributed by atoms with Crippen LogP contribution in [0.3, 0.4) is 0 Å². The summed E-state index contributed by atoms with van der Waals surface area (Å²) in [6.45, 7) is 4.23. The highest BCUT2D eigenvalue weighted by molar-refractivity contribution is 7.99. The minimum atomic E-state index is 0.456. The molecule has 0 spiro atoms. The predicted molar refractivity (Wildman–Crippen MR) is 115 cm³/mol. The smallest absolute Gasteiger partial charge is 0.118 e. The van der Waals surface area contributed by atoms with Crippen LogP contribution in [0.2, 0.25) is 0 Å². The Balaban J connectivity index is 1.65. The third kappa shape index (κ3) is 3.98. The molecule has 1 heterocycles. The number of methoxy groups -OCH3 is 1. The zero-order valence-electron chi connectivity index (χ0n) is 15.9. The van der Waals surface area contributed by atoms with Gasteiger partial charge in [-0.2, -0.15) is 0 Å². The molecule has 0 radical (unpaired) electrons. The average Bonchev–Trinajstić information content (AvgIpc) is 2.89. The molecule has 1 unspecified atom stereocenters. The molecule has 1 aliphatic heterocycles. The van der Waals surface area contributed by atoms with Gasteiger partial charge in [0, 0.05) is 23.2 Å². The van der Waals surface area contributed by atoms with Crippen molar-refractivity contribution >= 4 is 17.4 Å². The fourth-order valence-corrected chi connectivity index (χ4v) is 5.13. The standard InChI is InChI=1S/C24H25NOS/c1-18-7-6-10-23-24(18)25(17-19-8-4-3-5-9-19)16-15-22(27-23)20-11-13-21(26-2)14-12-20/h3-14,22H,15-17H2,1-2H3. The van der Waals surface area contributed by atoms with Gasteiger partial charge >= 0.3 is 0 Å². The van der Waals surface area contributed by atoms with Crippen molar-refractivity contribution in [3.05, 3.63) is 89.5 Å². The molecule has 138 valence electrons. The van der Waals surface area contributed by atoms with Crippen molar-refractivity contribution in [1.82, 2.24) is 0 Å². The summed E-state index contributed by atoms with van der Waals surface area (Å²) >= 11 is 1.99. The highest BCUT2D eigenvalue weighted by Gasteiger charge is 2.24. The maximum absolute atomic E-state index is 5.32. The van der Waals surface area contributed by atoms with Crippen LogP contribution in [-0.4, -0.2) is 13.7 Å². The summed E-state index contributed by atoms with van der Waals surface area (Å²) in [6.07, 6.45) is 1.12. The van der Waals surface area contributed by atoms with E-state index >= 15 is 0 Å². The zero-order chi connectivity index (χ0) is 18.6. The highest BCUT2D eigenvalue weighted by atomic mass is 32.2. The summed E-state index contributed by atoms with van der Waals surface area (Å²) < 4.78 is 5.32. The van der Waals surface area contributed by atoms with Crippen LogP contribution in [0.15, 0.2) is 77.7 Å². The van der Waals surface area contributed by atoms with Crippen LogP contribution in [0.1, 0.15) is 28.4 Å². The van der Waals surface area contributed by atoms with Crippen molar-refractivity contribution in [2.24, 2.45) is 0 Å². The SMILES string of the molecule is COc1ccc(C2CCN(Cc3ccccc3)c3c(C)cccc3S2)cc1. The van der Waals surface area contributed by atoms with E-state index in [0.29, 0.717) is 5.25 Å². The Bertz CT molecular complexity index is 892. The molecule has 3 aromatic rings. The summed E-state index contributed by atoms with van der Waals surface area (Å²) in [5.41, 5.74) is 5.48. The number of hydrogen-bond donors (Lipinski definition) is 0. The van der Waals surface area contributed by atoms with Crippen LogP contribution in [0.5, 0.6) is 5.75 Å². The molecule has 0 N–H and O–H groups in total. The highest BCUT2D eigenvalue weighted by Crippen LogP contribution is 2.46. The molecule has 0 saturated heterocycles. The lowest BCUT2D eigenvalue weighted by Crippen LogP contribution is -2.24. The Morgan fingerprint density at radius 2 is 1.74 bits per heavy atom. The Hall–Kier alpha value is -2.39. The van der Waals surface area contributed by atoms with Crippen LogP contribution in [-0.2, 0) is 6.54 Å². The predicted octanol–water partition coefficient (Wildman–Crippen LogP) is 6.25. The first kappa shape index (κ1) is 18.0. The number of fused-ring (bicyclic) bond motifs is 1. The fraction of sp³-hybridized carbons (Fsp3) is 0.250. The maximum Gasteiger partial charge on any atom is 0.118 e. The van der Waals surface area contributed by atoms with Gasteiger partial charge in [-0.05, 0) is 48.2 Å². The van der Waals surface area contributed by atoms with E-state index in [1.165, 1.54) is 27.3 Å². The topological polar surface area (TPSA) is 12.5 Å². The lowest BCUT2D eigenvalue weighted by Gasteiger charge is -2.26. The Morgan fingerprint density at radius 1 is 0.963 bits per heavy atom. The Labute approximate surface area is 166 Å². The van der Waals surface area contributed by atoms with E-state index in [-0.39, 0.29) is 0 Å². The van der Waals surface area contributed by atoms with E-state index in [1.807, 2.05) is 11.8 Å². The Kier molecular flexibility index (Phi) is 5.40. The molecule has 1 aliphatic rings. The number of benzene rings is 3. The van der Waals surface area contributed by atoms with E-state index in [0.717, 1.165) is 25.3 Å². The number of nitrogens with zero attached hydrogens (tertiary/aromatic N) is 1. The van der Waals surface area contributed by atoms with Gasteiger partial charge in [0.05, 0.1) is 12.8 Å². The molecule has 0 fully saturated rings. The summed E-state index contributed by atoms with van der Waals surface area (Å²) in [6, 6.07) is 26.0. The van der Waals surface area contributed by atoms with Gasteiger partial charge in [-0.25, -0.2) is 0 Å². The number of hydrogen-bond acceptors (Lipinski definition) is 3. The Morgan fingerprint density at radius 3 is 2.48 bits per heavy atom. The molecule has 0 aromatic heterocycles. The van der Waals surface area contributed by atoms with Gasteiger partial charge in [-0.1, -0.05) is 54.6 Å². The quantitative estimate of drug-likeness (QED) is 0.535. The van der Waals surface area contributed by atoms with Crippen molar-refractivity contribution in [2.45, 2.75) is 30.0 Å². The van der Waals surface area contributed by atoms with Crippen molar-refractivity contribution in [1.29, 1.82) is 0 Å². The lowest BCUT2D eigenvalue weighted by atomic mass is 10.1. The van der Waals surface area contributed by atoms with Gasteiger partial charge in [-0.3, -0.25) is 0 Å². The van der Waals surface area contributed by atoms with E-state index in [9.17, 15) is 0 Å². The molecular formula is C24H25NOS. The minimum absolute atomic E-state index is 0.456. The van der Waals surface area contributed by atoms with Crippen LogP contribution in [0, 0.1) is 6.92 Å². The number of thioether (sulfide) groups is 1. The first-order valence-electron chi connectivity index (χ1n) is 9.43.